The van der Waals surface area contributed by atoms with Crippen LogP contribution in [0.2, 0.25) is 0 Å². The summed E-state index contributed by atoms with van der Waals surface area (Å²) in [5.41, 5.74) is 2.84. The van der Waals surface area contributed by atoms with Gasteiger partial charge in [0.25, 0.3) is 5.91 Å². The zero-order chi connectivity index (χ0) is 15.8. The van der Waals surface area contributed by atoms with Gasteiger partial charge >= 0.3 is 0 Å². The molecule has 0 aliphatic carbocycles. The number of aromatic nitrogens is 4. The molecule has 0 radical (unpaired) electrons. The van der Waals surface area contributed by atoms with Gasteiger partial charge in [0.1, 0.15) is 5.82 Å². The van der Waals surface area contributed by atoms with Gasteiger partial charge in [0.15, 0.2) is 5.69 Å². The monoisotopic (exact) mass is 305 g/mol. The smallest absolute Gasteiger partial charge is 0.276 e. The van der Waals surface area contributed by atoms with Crippen LogP contribution in [0, 0.1) is 0 Å². The van der Waals surface area contributed by atoms with Gasteiger partial charge in [-0.2, -0.15) is 5.10 Å². The van der Waals surface area contributed by atoms with Gasteiger partial charge in [-0.3, -0.25) is 9.89 Å². The Morgan fingerprint density at radius 1 is 1.30 bits per heavy atom. The first kappa shape index (κ1) is 13.5. The number of H-pyrrole nitrogens is 1. The normalized spacial score (nSPS) is 11.2. The first-order chi connectivity index (χ1) is 11.3. The van der Waals surface area contributed by atoms with E-state index in [1.165, 1.54) is 0 Å². The summed E-state index contributed by atoms with van der Waals surface area (Å²) < 4.78 is 1.95. The highest BCUT2D eigenvalue weighted by Crippen LogP contribution is 2.19. The highest BCUT2D eigenvalue weighted by atomic mass is 16.1. The van der Waals surface area contributed by atoms with Crippen molar-refractivity contribution < 1.29 is 4.79 Å². The number of nitrogens with zero attached hydrogens (tertiary/aromatic N) is 3. The van der Waals surface area contributed by atoms with Crippen LogP contribution in [0.1, 0.15) is 23.2 Å². The van der Waals surface area contributed by atoms with Crippen LogP contribution >= 0.6 is 0 Å². The Balaban J connectivity index is 1.71. The number of aryl methyl sites for hydroxylation is 1. The Labute approximate surface area is 132 Å². The van der Waals surface area contributed by atoms with Crippen LogP contribution in [0.3, 0.4) is 0 Å². The van der Waals surface area contributed by atoms with Crippen molar-refractivity contribution in [3.63, 3.8) is 0 Å². The molecule has 0 aliphatic rings. The molecule has 6 heteroatoms. The predicted octanol–water partition coefficient (Wildman–Crippen LogP) is 3.03. The number of pyridine rings is 1. The van der Waals surface area contributed by atoms with Crippen molar-refractivity contribution in [2.24, 2.45) is 0 Å². The molecule has 3 heterocycles. The molecule has 1 amide bonds. The van der Waals surface area contributed by atoms with Crippen LogP contribution in [-0.4, -0.2) is 25.5 Å². The average molecular weight is 305 g/mol. The van der Waals surface area contributed by atoms with Crippen LogP contribution < -0.4 is 5.32 Å². The second-order valence-electron chi connectivity index (χ2n) is 5.31. The fourth-order valence-electron chi connectivity index (χ4n) is 2.72. The molecule has 4 aromatic rings. The molecule has 4 rings (SSSR count). The number of amides is 1. The quantitative estimate of drug-likeness (QED) is 0.611. The van der Waals surface area contributed by atoms with Crippen molar-refractivity contribution in [2.75, 3.05) is 5.32 Å². The molecule has 23 heavy (non-hydrogen) atoms. The van der Waals surface area contributed by atoms with Gasteiger partial charge in [-0.25, -0.2) is 4.98 Å². The van der Waals surface area contributed by atoms with E-state index in [2.05, 4.69) is 20.5 Å². The minimum atomic E-state index is -0.215. The Morgan fingerprint density at radius 3 is 3.09 bits per heavy atom. The molecule has 114 valence electrons. The topological polar surface area (TPSA) is 75.1 Å². The second kappa shape index (κ2) is 5.24. The van der Waals surface area contributed by atoms with Crippen molar-refractivity contribution in [2.45, 2.75) is 13.3 Å². The van der Waals surface area contributed by atoms with E-state index in [1.54, 1.807) is 6.20 Å². The molecule has 0 saturated carbocycles. The average Bonchev–Trinajstić information content (AvgIpc) is 3.18. The molecule has 0 fully saturated rings. The molecule has 0 unspecified atom stereocenters. The Morgan fingerprint density at radius 2 is 2.22 bits per heavy atom. The largest absolute Gasteiger partial charge is 0.321 e. The summed E-state index contributed by atoms with van der Waals surface area (Å²) in [4.78, 5) is 17.1. The molecule has 0 spiro atoms. The third kappa shape index (κ3) is 2.24. The molecule has 6 nitrogen and oxygen atoms in total. The van der Waals surface area contributed by atoms with Gasteiger partial charge in [-0.1, -0.05) is 13.0 Å². The Bertz CT molecular complexity index is 1010. The molecule has 3 aromatic heterocycles. The number of imidazole rings is 1. The summed E-state index contributed by atoms with van der Waals surface area (Å²) in [5, 5.41) is 10.8. The first-order valence-corrected chi connectivity index (χ1v) is 7.46. The summed E-state index contributed by atoms with van der Waals surface area (Å²) in [6.45, 7) is 2.02. The molecule has 1 aromatic carbocycles. The number of anilines is 1. The lowest BCUT2D eigenvalue weighted by molar-refractivity contribution is 0.102. The molecule has 0 saturated heterocycles. The molecule has 2 N–H and O–H groups in total. The van der Waals surface area contributed by atoms with Gasteiger partial charge in [0.2, 0.25) is 0 Å². The van der Waals surface area contributed by atoms with Crippen LogP contribution in [-0.2, 0) is 6.42 Å². The maximum atomic E-state index is 12.6. The lowest BCUT2D eigenvalue weighted by Gasteiger charge is -2.03. The number of hydrogen-bond donors (Lipinski definition) is 2. The van der Waals surface area contributed by atoms with Gasteiger partial charge in [-0.05, 0) is 30.3 Å². The van der Waals surface area contributed by atoms with Crippen molar-refractivity contribution in [3.05, 3.63) is 60.3 Å². The van der Waals surface area contributed by atoms with Crippen molar-refractivity contribution >= 4 is 28.0 Å². The lowest BCUT2D eigenvalue weighted by Crippen LogP contribution is -2.12. The molecular formula is C17H15N5O. The number of carbonyl (C=O) groups excluding carboxylic acids is 1. The Hall–Kier alpha value is -3.15. The number of hydrogen-bond acceptors (Lipinski definition) is 3. The minimum absolute atomic E-state index is 0.215. The fourth-order valence-corrected chi connectivity index (χ4v) is 2.72. The van der Waals surface area contributed by atoms with Gasteiger partial charge < -0.3 is 9.72 Å². The van der Waals surface area contributed by atoms with E-state index in [0.717, 1.165) is 28.7 Å². The number of nitrogens with one attached hydrogen (secondary N) is 2. The van der Waals surface area contributed by atoms with Crippen LogP contribution in [0.25, 0.3) is 16.4 Å². The van der Waals surface area contributed by atoms with Crippen molar-refractivity contribution in [3.8, 4) is 0 Å². The van der Waals surface area contributed by atoms with E-state index < -0.39 is 0 Å². The van der Waals surface area contributed by atoms with E-state index in [-0.39, 0.29) is 5.91 Å². The van der Waals surface area contributed by atoms with Crippen LogP contribution in [0.15, 0.2) is 48.8 Å². The van der Waals surface area contributed by atoms with E-state index in [0.29, 0.717) is 11.4 Å². The number of fused-ring (bicyclic) bond motifs is 2. The molecule has 0 bridgehead atoms. The summed E-state index contributed by atoms with van der Waals surface area (Å²) in [5.74, 6) is 0.655. The maximum Gasteiger partial charge on any atom is 0.276 e. The van der Waals surface area contributed by atoms with Crippen molar-refractivity contribution in [1.82, 2.24) is 19.6 Å². The van der Waals surface area contributed by atoms with E-state index in [1.807, 2.05) is 53.9 Å². The number of aromatic amines is 1. The third-order valence-electron chi connectivity index (χ3n) is 3.85. The molecule has 0 aliphatic heterocycles. The summed E-state index contributed by atoms with van der Waals surface area (Å²) in [6, 6.07) is 11.4. The number of rotatable bonds is 3. The second-order valence-corrected chi connectivity index (χ2v) is 5.31. The molecular weight excluding hydrogens is 290 g/mol. The van der Waals surface area contributed by atoms with Crippen LogP contribution in [0.4, 0.5) is 5.69 Å². The predicted molar refractivity (Wildman–Crippen MR) is 88.6 cm³/mol. The standard InChI is InChI=1S/C17H15N5O/c1-2-15-20-16(14-5-3-4-8-22(14)15)17(23)19-12-7-6-11-10-18-21-13(11)9-12/h3-10H,2H2,1H3,(H,18,21)(H,19,23). The first-order valence-electron chi connectivity index (χ1n) is 7.46. The zero-order valence-electron chi connectivity index (χ0n) is 12.6. The summed E-state index contributed by atoms with van der Waals surface area (Å²) in [7, 11) is 0. The maximum absolute atomic E-state index is 12.6. The van der Waals surface area contributed by atoms with Gasteiger partial charge in [0, 0.05) is 23.7 Å². The van der Waals surface area contributed by atoms with E-state index >= 15 is 0 Å². The lowest BCUT2D eigenvalue weighted by atomic mass is 10.2. The van der Waals surface area contributed by atoms with Gasteiger partial charge in [0.05, 0.1) is 17.2 Å². The van der Waals surface area contributed by atoms with E-state index in [4.69, 9.17) is 0 Å². The fraction of sp³-hybridized carbons (Fsp3) is 0.118. The SMILES string of the molecule is CCc1nc(C(=O)Nc2ccc3cn[nH]c3c2)c2ccccn12. The van der Waals surface area contributed by atoms with Crippen LogP contribution in [0.5, 0.6) is 0 Å². The summed E-state index contributed by atoms with van der Waals surface area (Å²) >= 11 is 0. The minimum Gasteiger partial charge on any atom is -0.321 e. The van der Waals surface area contributed by atoms with Crippen molar-refractivity contribution in [1.29, 1.82) is 0 Å². The number of carbonyl (C=O) groups is 1. The zero-order valence-corrected chi connectivity index (χ0v) is 12.6. The van der Waals surface area contributed by atoms with E-state index in [9.17, 15) is 4.79 Å². The van der Waals surface area contributed by atoms with Gasteiger partial charge in [-0.15, -0.1) is 0 Å². The Kier molecular flexibility index (Phi) is 3.08. The summed E-state index contributed by atoms with van der Waals surface area (Å²) in [6.07, 6.45) is 4.44. The number of benzene rings is 1. The highest BCUT2D eigenvalue weighted by molar-refractivity contribution is 6.08. The molecule has 0 atom stereocenters. The highest BCUT2D eigenvalue weighted by Gasteiger charge is 2.16. The third-order valence-corrected chi connectivity index (χ3v) is 3.85.